The van der Waals surface area contributed by atoms with E-state index in [2.05, 4.69) is 0 Å². The molecule has 3 heteroatoms. The zero-order chi connectivity index (χ0) is 7.35. The van der Waals surface area contributed by atoms with Crippen molar-refractivity contribution in [3.8, 4) is 0 Å². The fourth-order valence-corrected chi connectivity index (χ4v) is 1.57. The fourth-order valence-electron chi connectivity index (χ4n) is 1.57. The summed E-state index contributed by atoms with van der Waals surface area (Å²) in [5, 5.41) is 9.32. The normalized spacial score (nSPS) is 45.1. The Bertz CT molecular complexity index is 221. The van der Waals surface area contributed by atoms with Crippen molar-refractivity contribution < 1.29 is 14.7 Å². The maximum Gasteiger partial charge on any atom is 0.165 e. The van der Waals surface area contributed by atoms with Crippen molar-refractivity contribution in [1.82, 2.24) is 0 Å². The van der Waals surface area contributed by atoms with E-state index in [1.54, 1.807) is 0 Å². The van der Waals surface area contributed by atoms with Crippen LogP contribution >= 0.6 is 0 Å². The van der Waals surface area contributed by atoms with Crippen LogP contribution in [0.2, 0.25) is 0 Å². The molecule has 0 aliphatic heterocycles. The molecule has 0 aromatic heterocycles. The predicted octanol–water partition coefficient (Wildman–Crippen LogP) is -0.331. The molecule has 0 aromatic carbocycles. The standard InChI is InChI=1S/C7H8O3/c8-5-1-2-6(9)7(10)3-4(5)7/h4,10H,1-3H2. The average molecular weight is 140 g/mol. The van der Waals surface area contributed by atoms with E-state index in [0.717, 1.165) is 0 Å². The van der Waals surface area contributed by atoms with Gasteiger partial charge < -0.3 is 5.11 Å². The van der Waals surface area contributed by atoms with Crippen LogP contribution in [-0.2, 0) is 9.59 Å². The van der Waals surface area contributed by atoms with Crippen LogP contribution in [0.3, 0.4) is 0 Å². The summed E-state index contributed by atoms with van der Waals surface area (Å²) in [5.74, 6) is -0.423. The zero-order valence-electron chi connectivity index (χ0n) is 5.46. The van der Waals surface area contributed by atoms with E-state index in [4.69, 9.17) is 0 Å². The summed E-state index contributed by atoms with van der Waals surface area (Å²) in [7, 11) is 0. The Kier molecular flexibility index (Phi) is 0.892. The molecule has 3 nitrogen and oxygen atoms in total. The summed E-state index contributed by atoms with van der Waals surface area (Å²) < 4.78 is 0. The van der Waals surface area contributed by atoms with Gasteiger partial charge in [0.2, 0.25) is 0 Å². The third kappa shape index (κ3) is 0.534. The van der Waals surface area contributed by atoms with Gasteiger partial charge >= 0.3 is 0 Å². The van der Waals surface area contributed by atoms with Gasteiger partial charge in [0, 0.05) is 12.8 Å². The van der Waals surface area contributed by atoms with Crippen molar-refractivity contribution in [2.75, 3.05) is 0 Å². The van der Waals surface area contributed by atoms with Crippen LogP contribution in [0.25, 0.3) is 0 Å². The molecule has 2 rings (SSSR count). The number of Topliss-reactive ketones (excluding diaryl/α,β-unsaturated/α-hetero) is 2. The third-order valence-electron chi connectivity index (χ3n) is 2.40. The Labute approximate surface area is 58.0 Å². The number of carbonyl (C=O) groups excluding carboxylic acids is 2. The van der Waals surface area contributed by atoms with Gasteiger partial charge in [0.15, 0.2) is 5.78 Å². The number of rotatable bonds is 0. The summed E-state index contributed by atoms with van der Waals surface area (Å²) >= 11 is 0. The molecule has 0 saturated heterocycles. The summed E-state index contributed by atoms with van der Waals surface area (Å²) in [4.78, 5) is 21.8. The monoisotopic (exact) mass is 140 g/mol. The van der Waals surface area contributed by atoms with Gasteiger partial charge in [-0.15, -0.1) is 0 Å². The summed E-state index contributed by atoms with van der Waals surface area (Å²) in [6, 6.07) is 0. The van der Waals surface area contributed by atoms with Crippen molar-refractivity contribution >= 4 is 11.6 Å². The van der Waals surface area contributed by atoms with E-state index in [-0.39, 0.29) is 23.9 Å². The van der Waals surface area contributed by atoms with Gasteiger partial charge in [-0.05, 0) is 6.42 Å². The smallest absolute Gasteiger partial charge is 0.165 e. The second-order valence-electron chi connectivity index (χ2n) is 3.07. The first kappa shape index (κ1) is 6.04. The van der Waals surface area contributed by atoms with Crippen molar-refractivity contribution in [1.29, 1.82) is 0 Å². The molecule has 0 aromatic rings. The Balaban J connectivity index is 2.27. The molecule has 2 saturated carbocycles. The second kappa shape index (κ2) is 1.48. The molecule has 2 fully saturated rings. The topological polar surface area (TPSA) is 54.4 Å². The largest absolute Gasteiger partial charge is 0.381 e. The summed E-state index contributed by atoms with van der Waals surface area (Å²) in [6.45, 7) is 0. The average Bonchev–Trinajstić information content (AvgIpc) is 2.56. The van der Waals surface area contributed by atoms with Crippen LogP contribution in [0.4, 0.5) is 0 Å². The Hall–Kier alpha value is -0.700. The number of aliphatic hydroxyl groups is 1. The molecule has 1 N–H and O–H groups in total. The van der Waals surface area contributed by atoms with Gasteiger partial charge in [0.1, 0.15) is 11.4 Å². The highest BCUT2D eigenvalue weighted by Crippen LogP contribution is 2.49. The van der Waals surface area contributed by atoms with Gasteiger partial charge in [-0.1, -0.05) is 0 Å². The highest BCUT2D eigenvalue weighted by atomic mass is 16.3. The summed E-state index contributed by atoms with van der Waals surface area (Å²) in [6.07, 6.45) is 0.961. The van der Waals surface area contributed by atoms with Crippen molar-refractivity contribution in [2.24, 2.45) is 5.92 Å². The van der Waals surface area contributed by atoms with Gasteiger partial charge in [-0.3, -0.25) is 9.59 Å². The van der Waals surface area contributed by atoms with Crippen LogP contribution in [0.15, 0.2) is 0 Å². The Morgan fingerprint density at radius 3 is 2.70 bits per heavy atom. The SMILES string of the molecule is O=C1CCC(=O)C2(O)CC12. The Morgan fingerprint density at radius 2 is 2.10 bits per heavy atom. The molecule has 54 valence electrons. The molecule has 10 heavy (non-hydrogen) atoms. The van der Waals surface area contributed by atoms with E-state index in [0.29, 0.717) is 12.8 Å². The molecule has 0 spiro atoms. The highest BCUT2D eigenvalue weighted by molar-refractivity contribution is 6.05. The molecule has 0 bridgehead atoms. The maximum absolute atomic E-state index is 10.9. The van der Waals surface area contributed by atoms with Gasteiger partial charge in [0.25, 0.3) is 0 Å². The second-order valence-corrected chi connectivity index (χ2v) is 3.07. The van der Waals surface area contributed by atoms with Crippen LogP contribution in [0, 0.1) is 5.92 Å². The maximum atomic E-state index is 10.9. The van der Waals surface area contributed by atoms with Crippen molar-refractivity contribution in [3.63, 3.8) is 0 Å². The van der Waals surface area contributed by atoms with Gasteiger partial charge in [0.05, 0.1) is 5.92 Å². The van der Waals surface area contributed by atoms with Crippen LogP contribution in [0.5, 0.6) is 0 Å². The minimum atomic E-state index is -1.21. The lowest BCUT2D eigenvalue weighted by molar-refractivity contribution is -0.138. The minimum absolute atomic E-state index is 0.0575. The lowest BCUT2D eigenvalue weighted by Gasteiger charge is -2.12. The first-order valence-electron chi connectivity index (χ1n) is 3.43. The van der Waals surface area contributed by atoms with Gasteiger partial charge in [-0.2, -0.15) is 0 Å². The number of fused-ring (bicyclic) bond motifs is 1. The van der Waals surface area contributed by atoms with E-state index in [9.17, 15) is 14.7 Å². The summed E-state index contributed by atoms with van der Waals surface area (Å²) in [5.41, 5.74) is -1.21. The highest BCUT2D eigenvalue weighted by Gasteiger charge is 2.63. The quantitative estimate of drug-likeness (QED) is 0.501. The molecule has 0 amide bonds. The van der Waals surface area contributed by atoms with Crippen molar-refractivity contribution in [2.45, 2.75) is 24.9 Å². The zero-order valence-corrected chi connectivity index (χ0v) is 5.46. The first-order valence-corrected chi connectivity index (χ1v) is 3.43. The fraction of sp³-hybridized carbons (Fsp3) is 0.714. The third-order valence-corrected chi connectivity index (χ3v) is 2.40. The van der Waals surface area contributed by atoms with Crippen LogP contribution in [-0.4, -0.2) is 22.3 Å². The lowest BCUT2D eigenvalue weighted by atomic mass is 9.95. The number of hydrogen-bond acceptors (Lipinski definition) is 3. The molecule has 2 aliphatic rings. The molecule has 2 unspecified atom stereocenters. The van der Waals surface area contributed by atoms with Crippen LogP contribution < -0.4 is 0 Å². The molecular formula is C7H8O3. The number of ketones is 2. The number of hydrogen-bond donors (Lipinski definition) is 1. The van der Waals surface area contributed by atoms with E-state index in [1.807, 2.05) is 0 Å². The molecule has 2 aliphatic carbocycles. The molecule has 0 heterocycles. The first-order chi connectivity index (χ1) is 4.64. The van der Waals surface area contributed by atoms with Crippen LogP contribution in [0.1, 0.15) is 19.3 Å². The van der Waals surface area contributed by atoms with E-state index >= 15 is 0 Å². The molecule has 0 radical (unpaired) electrons. The van der Waals surface area contributed by atoms with Crippen molar-refractivity contribution in [3.05, 3.63) is 0 Å². The molecule has 2 atom stereocenters. The Morgan fingerprint density at radius 1 is 1.40 bits per heavy atom. The van der Waals surface area contributed by atoms with Gasteiger partial charge in [-0.25, -0.2) is 0 Å². The van der Waals surface area contributed by atoms with E-state index < -0.39 is 5.60 Å². The predicted molar refractivity (Wildman–Crippen MR) is 32.3 cm³/mol. The lowest BCUT2D eigenvalue weighted by Crippen LogP contribution is -2.32. The minimum Gasteiger partial charge on any atom is -0.381 e. The molecular weight excluding hydrogens is 132 g/mol. The number of carbonyl (C=O) groups is 2. The van der Waals surface area contributed by atoms with E-state index in [1.165, 1.54) is 0 Å².